The molecule has 0 N–H and O–H groups in total. The Balaban J connectivity index is 2.10. The van der Waals surface area contributed by atoms with E-state index in [0.29, 0.717) is 34.0 Å². The predicted octanol–water partition coefficient (Wildman–Crippen LogP) is 7.59. The largest absolute Gasteiger partial charge is 0.423 e. The van der Waals surface area contributed by atoms with Gasteiger partial charge in [-0.2, -0.15) is 0 Å². The molecule has 0 aromatic heterocycles. The Morgan fingerprint density at radius 2 is 0.974 bits per heavy atom. The van der Waals surface area contributed by atoms with Gasteiger partial charge >= 0.3 is 17.9 Å². The Bertz CT molecular complexity index is 1460. The molecule has 200 valence electrons. The van der Waals surface area contributed by atoms with Gasteiger partial charge in [0.15, 0.2) is 0 Å². The third-order valence-corrected chi connectivity index (χ3v) is 5.77. The van der Waals surface area contributed by atoms with E-state index >= 15 is 0 Å². The first-order valence-corrected chi connectivity index (χ1v) is 12.4. The van der Waals surface area contributed by atoms with Crippen LogP contribution in [0.1, 0.15) is 46.1 Å². The summed E-state index contributed by atoms with van der Waals surface area (Å²) in [5.74, 6) is -0.298. The molecule has 0 unspecified atom stereocenters. The molecule has 6 heteroatoms. The summed E-state index contributed by atoms with van der Waals surface area (Å²) in [5.41, 5.74) is 5.07. The zero-order chi connectivity index (χ0) is 28.9. The van der Waals surface area contributed by atoms with Gasteiger partial charge in [0, 0.05) is 22.3 Å². The van der Waals surface area contributed by atoms with Gasteiger partial charge in [0.1, 0.15) is 17.2 Å². The van der Waals surface area contributed by atoms with Crippen molar-refractivity contribution in [3.63, 3.8) is 0 Å². The van der Waals surface area contributed by atoms with Gasteiger partial charge in [0.25, 0.3) is 0 Å². The highest BCUT2D eigenvalue weighted by Crippen LogP contribution is 2.41. The van der Waals surface area contributed by atoms with Crippen LogP contribution in [0.5, 0.6) is 17.2 Å². The Labute approximate surface area is 229 Å². The minimum atomic E-state index is -0.548. The van der Waals surface area contributed by atoms with E-state index in [1.807, 2.05) is 24.3 Å². The first-order valence-electron chi connectivity index (χ1n) is 12.4. The van der Waals surface area contributed by atoms with Gasteiger partial charge in [0.05, 0.1) is 0 Å². The monoisotopic (exact) mass is 524 g/mol. The lowest BCUT2D eigenvalue weighted by atomic mass is 9.88. The minimum absolute atomic E-state index is 0.126. The van der Waals surface area contributed by atoms with Gasteiger partial charge < -0.3 is 14.2 Å². The molecule has 6 nitrogen and oxygen atoms in total. The Kier molecular flexibility index (Phi) is 9.04. The van der Waals surface area contributed by atoms with Crippen molar-refractivity contribution in [3.05, 3.63) is 103 Å². The zero-order valence-electron chi connectivity index (χ0n) is 22.9. The quantitative estimate of drug-likeness (QED) is 0.163. The van der Waals surface area contributed by atoms with Crippen LogP contribution in [0.25, 0.3) is 22.3 Å². The van der Waals surface area contributed by atoms with Gasteiger partial charge in [-0.1, -0.05) is 57.8 Å². The first kappa shape index (κ1) is 28.9. The van der Waals surface area contributed by atoms with Crippen LogP contribution < -0.4 is 14.2 Å². The number of hydrogen-bond donors (Lipinski definition) is 0. The summed E-state index contributed by atoms with van der Waals surface area (Å²) in [4.78, 5) is 36.3. The van der Waals surface area contributed by atoms with Crippen LogP contribution in [0.2, 0.25) is 0 Å². The molecular weight excluding hydrogens is 492 g/mol. The maximum Gasteiger partial charge on any atom is 0.338 e. The molecule has 0 bridgehead atoms. The number of carbonyl (C=O) groups is 3. The average molecular weight is 525 g/mol. The smallest absolute Gasteiger partial charge is 0.338 e. The fourth-order valence-corrected chi connectivity index (χ4v) is 3.61. The molecule has 0 aliphatic carbocycles. The zero-order valence-corrected chi connectivity index (χ0v) is 22.9. The van der Waals surface area contributed by atoms with Crippen molar-refractivity contribution in [2.24, 2.45) is 0 Å². The molecule has 0 amide bonds. The highest BCUT2D eigenvalue weighted by Gasteiger charge is 2.19. The third kappa shape index (κ3) is 7.20. The molecule has 0 radical (unpaired) electrons. The summed E-state index contributed by atoms with van der Waals surface area (Å²) >= 11 is 0. The SMILES string of the molecule is C=C(C)C(=O)Oc1ccc(-c2cc(C(C)C)c(-c3ccc(OC(=O)C(=C)C)cc3)cc2OC(=O)C(=C)C)cc1. The van der Waals surface area contributed by atoms with Crippen molar-refractivity contribution in [2.75, 3.05) is 0 Å². The molecule has 39 heavy (non-hydrogen) atoms. The molecule has 0 heterocycles. The number of rotatable bonds is 9. The average Bonchev–Trinajstić information content (AvgIpc) is 2.89. The summed E-state index contributed by atoms with van der Waals surface area (Å²) in [6, 6.07) is 17.9. The maximum atomic E-state index is 12.6. The minimum Gasteiger partial charge on any atom is -0.423 e. The number of hydrogen-bond acceptors (Lipinski definition) is 6. The Hall–Kier alpha value is -4.71. The van der Waals surface area contributed by atoms with Crippen LogP contribution in [-0.2, 0) is 14.4 Å². The molecule has 0 saturated carbocycles. The highest BCUT2D eigenvalue weighted by molar-refractivity contribution is 5.92. The van der Waals surface area contributed by atoms with E-state index < -0.39 is 17.9 Å². The van der Waals surface area contributed by atoms with Gasteiger partial charge in [-0.15, -0.1) is 0 Å². The molecule has 3 aromatic carbocycles. The van der Waals surface area contributed by atoms with Crippen LogP contribution in [0.15, 0.2) is 97.1 Å². The van der Waals surface area contributed by atoms with Crippen molar-refractivity contribution in [2.45, 2.75) is 40.5 Å². The number of esters is 3. The van der Waals surface area contributed by atoms with Crippen LogP contribution in [0.4, 0.5) is 0 Å². The Morgan fingerprint density at radius 3 is 1.36 bits per heavy atom. The number of carbonyl (C=O) groups excluding carboxylic acids is 3. The van der Waals surface area contributed by atoms with Crippen molar-refractivity contribution in [3.8, 4) is 39.5 Å². The first-order chi connectivity index (χ1) is 18.4. The second-order valence-electron chi connectivity index (χ2n) is 9.65. The van der Waals surface area contributed by atoms with E-state index in [9.17, 15) is 14.4 Å². The predicted molar refractivity (Wildman–Crippen MR) is 153 cm³/mol. The summed E-state index contributed by atoms with van der Waals surface area (Å²) in [6.07, 6.45) is 0. The van der Waals surface area contributed by atoms with Crippen LogP contribution in [0.3, 0.4) is 0 Å². The lowest BCUT2D eigenvalue weighted by molar-refractivity contribution is -0.130. The van der Waals surface area contributed by atoms with Crippen molar-refractivity contribution in [1.29, 1.82) is 0 Å². The lowest BCUT2D eigenvalue weighted by Crippen LogP contribution is -2.10. The van der Waals surface area contributed by atoms with E-state index in [-0.39, 0.29) is 11.5 Å². The molecule has 0 aliphatic heterocycles. The van der Waals surface area contributed by atoms with E-state index in [2.05, 4.69) is 33.6 Å². The van der Waals surface area contributed by atoms with E-state index in [1.54, 1.807) is 57.2 Å². The van der Waals surface area contributed by atoms with Crippen molar-refractivity contribution < 1.29 is 28.6 Å². The number of ether oxygens (including phenoxy) is 3. The molecular formula is C33H32O6. The molecule has 3 aromatic rings. The Morgan fingerprint density at radius 1 is 0.590 bits per heavy atom. The van der Waals surface area contributed by atoms with E-state index in [0.717, 1.165) is 22.3 Å². The summed E-state index contributed by atoms with van der Waals surface area (Å²) < 4.78 is 16.4. The normalized spacial score (nSPS) is 10.5. The fraction of sp³-hybridized carbons (Fsp3) is 0.182. The van der Waals surface area contributed by atoms with Gasteiger partial charge in [-0.25, -0.2) is 14.4 Å². The summed E-state index contributed by atoms with van der Waals surface area (Å²) in [5, 5.41) is 0. The maximum absolute atomic E-state index is 12.6. The van der Waals surface area contributed by atoms with Gasteiger partial charge in [-0.05, 0) is 85.3 Å². The summed E-state index contributed by atoms with van der Waals surface area (Å²) in [6.45, 7) is 19.8. The second kappa shape index (κ2) is 12.2. The third-order valence-electron chi connectivity index (χ3n) is 5.77. The van der Waals surface area contributed by atoms with Gasteiger partial charge in [0.2, 0.25) is 0 Å². The molecule has 0 fully saturated rings. The highest BCUT2D eigenvalue weighted by atomic mass is 16.5. The van der Waals surface area contributed by atoms with Crippen molar-refractivity contribution >= 4 is 17.9 Å². The number of benzene rings is 3. The second-order valence-corrected chi connectivity index (χ2v) is 9.65. The van der Waals surface area contributed by atoms with E-state index in [1.165, 1.54) is 0 Å². The standard InChI is InChI=1S/C33H32O6/c1-19(2)27-17-29(24-11-15-26(16-12-24)38-32(35)21(5)6)30(39-33(36)22(7)8)18-28(27)23-9-13-25(14-10-23)37-31(34)20(3)4/h9-19H,3,5,7H2,1-2,4,6,8H3. The van der Waals surface area contributed by atoms with Gasteiger partial charge in [-0.3, -0.25) is 0 Å². The molecule has 3 rings (SSSR count). The topological polar surface area (TPSA) is 78.9 Å². The molecule has 0 spiro atoms. The molecule has 0 saturated heterocycles. The summed E-state index contributed by atoms with van der Waals surface area (Å²) in [7, 11) is 0. The molecule has 0 aliphatic rings. The lowest BCUT2D eigenvalue weighted by Gasteiger charge is -2.19. The van der Waals surface area contributed by atoms with Crippen LogP contribution >= 0.6 is 0 Å². The van der Waals surface area contributed by atoms with E-state index in [4.69, 9.17) is 14.2 Å². The fourth-order valence-electron chi connectivity index (χ4n) is 3.61. The van der Waals surface area contributed by atoms with Crippen LogP contribution in [0, 0.1) is 0 Å². The van der Waals surface area contributed by atoms with Crippen LogP contribution in [-0.4, -0.2) is 17.9 Å². The van der Waals surface area contributed by atoms with Crippen molar-refractivity contribution in [1.82, 2.24) is 0 Å². The molecule has 0 atom stereocenters.